The van der Waals surface area contributed by atoms with Crippen molar-refractivity contribution >= 4 is 11.8 Å². The Kier molecular flexibility index (Phi) is 7.92. The van der Waals surface area contributed by atoms with E-state index in [4.69, 9.17) is 0 Å². The summed E-state index contributed by atoms with van der Waals surface area (Å²) in [7, 11) is 0. The Balaban J connectivity index is 2.83. The Morgan fingerprint density at radius 2 is 1.71 bits per heavy atom. The van der Waals surface area contributed by atoms with Crippen molar-refractivity contribution < 1.29 is 14.7 Å². The van der Waals surface area contributed by atoms with Crippen LogP contribution in [0.2, 0.25) is 0 Å². The maximum absolute atomic E-state index is 12.6. The van der Waals surface area contributed by atoms with Gasteiger partial charge in [-0.1, -0.05) is 39.0 Å². The lowest BCUT2D eigenvalue weighted by Gasteiger charge is -2.25. The van der Waals surface area contributed by atoms with Gasteiger partial charge >= 0.3 is 0 Å². The van der Waals surface area contributed by atoms with Crippen LogP contribution >= 0.6 is 0 Å². The number of rotatable bonds is 8. The largest absolute Gasteiger partial charge is 0.396 e. The third kappa shape index (κ3) is 5.96. The molecule has 0 saturated carbocycles. The Labute approximate surface area is 144 Å². The first-order chi connectivity index (χ1) is 11.3. The van der Waals surface area contributed by atoms with Crippen LogP contribution in [-0.4, -0.2) is 35.6 Å². The van der Waals surface area contributed by atoms with Crippen LogP contribution in [0.25, 0.3) is 0 Å². The number of aliphatic hydroxyl groups is 1. The van der Waals surface area contributed by atoms with Gasteiger partial charge in [0.2, 0.25) is 5.91 Å². The zero-order valence-corrected chi connectivity index (χ0v) is 15.3. The highest BCUT2D eigenvalue weighted by molar-refractivity contribution is 5.98. The SMILES string of the molecule is Cc1ccccc1C(=O)NC(CC(C)C)C(=O)NC(C)C(C)CO. The molecule has 24 heavy (non-hydrogen) atoms. The van der Waals surface area contributed by atoms with Crippen molar-refractivity contribution in [1.82, 2.24) is 10.6 Å². The summed E-state index contributed by atoms with van der Waals surface area (Å²) in [6, 6.07) is 6.56. The lowest BCUT2D eigenvalue weighted by Crippen LogP contribution is -2.51. The third-order valence-corrected chi connectivity index (χ3v) is 4.23. The highest BCUT2D eigenvalue weighted by atomic mass is 16.3. The fourth-order valence-electron chi connectivity index (χ4n) is 2.39. The van der Waals surface area contributed by atoms with Crippen molar-refractivity contribution in [3.8, 4) is 0 Å². The first-order valence-corrected chi connectivity index (χ1v) is 8.54. The topological polar surface area (TPSA) is 78.4 Å². The number of amides is 2. The van der Waals surface area contributed by atoms with E-state index in [1.807, 2.05) is 52.8 Å². The minimum atomic E-state index is -0.592. The number of hydrogen-bond acceptors (Lipinski definition) is 3. The van der Waals surface area contributed by atoms with E-state index in [1.165, 1.54) is 0 Å². The van der Waals surface area contributed by atoms with Crippen molar-refractivity contribution in [1.29, 1.82) is 0 Å². The lowest BCUT2D eigenvalue weighted by molar-refractivity contribution is -0.124. The van der Waals surface area contributed by atoms with Gasteiger partial charge in [-0.3, -0.25) is 9.59 Å². The van der Waals surface area contributed by atoms with E-state index in [-0.39, 0.29) is 36.3 Å². The number of aliphatic hydroxyl groups excluding tert-OH is 1. The highest BCUT2D eigenvalue weighted by Gasteiger charge is 2.25. The number of benzene rings is 1. The predicted molar refractivity (Wildman–Crippen MR) is 95.7 cm³/mol. The molecule has 1 rings (SSSR count). The standard InChI is InChI=1S/C19H30N2O3/c1-12(2)10-17(19(24)20-15(5)14(4)11-22)21-18(23)16-9-7-6-8-13(16)3/h6-9,12,14-15,17,22H,10-11H2,1-5H3,(H,20,24)(H,21,23). The van der Waals surface area contributed by atoms with E-state index in [0.29, 0.717) is 12.0 Å². The van der Waals surface area contributed by atoms with E-state index >= 15 is 0 Å². The molecule has 3 atom stereocenters. The molecule has 0 aliphatic heterocycles. The zero-order chi connectivity index (χ0) is 18.3. The molecule has 0 aliphatic rings. The van der Waals surface area contributed by atoms with Gasteiger partial charge in [0.15, 0.2) is 0 Å². The van der Waals surface area contributed by atoms with Gasteiger partial charge in [-0.25, -0.2) is 0 Å². The van der Waals surface area contributed by atoms with Gasteiger partial charge in [-0.15, -0.1) is 0 Å². The Morgan fingerprint density at radius 1 is 1.08 bits per heavy atom. The molecule has 1 aromatic rings. The van der Waals surface area contributed by atoms with E-state index in [1.54, 1.807) is 6.07 Å². The molecule has 2 amide bonds. The van der Waals surface area contributed by atoms with Gasteiger partial charge in [0, 0.05) is 18.2 Å². The average molecular weight is 334 g/mol. The van der Waals surface area contributed by atoms with Crippen LogP contribution in [0.3, 0.4) is 0 Å². The van der Waals surface area contributed by atoms with Crippen LogP contribution in [-0.2, 0) is 4.79 Å². The molecule has 5 heteroatoms. The van der Waals surface area contributed by atoms with E-state index in [9.17, 15) is 14.7 Å². The van der Waals surface area contributed by atoms with Crippen LogP contribution in [0.15, 0.2) is 24.3 Å². The van der Waals surface area contributed by atoms with Crippen molar-refractivity contribution in [2.75, 3.05) is 6.61 Å². The van der Waals surface area contributed by atoms with E-state index in [0.717, 1.165) is 5.56 Å². The predicted octanol–water partition coefficient (Wildman–Crippen LogP) is 2.27. The second kappa shape index (κ2) is 9.42. The number of aryl methyl sites for hydroxylation is 1. The molecule has 5 nitrogen and oxygen atoms in total. The van der Waals surface area contributed by atoms with Crippen LogP contribution in [0, 0.1) is 18.8 Å². The van der Waals surface area contributed by atoms with Gasteiger partial charge < -0.3 is 15.7 Å². The molecule has 0 saturated heterocycles. The molecule has 134 valence electrons. The van der Waals surface area contributed by atoms with Crippen LogP contribution < -0.4 is 10.6 Å². The molecule has 0 radical (unpaired) electrons. The summed E-state index contributed by atoms with van der Waals surface area (Å²) in [5.74, 6) is -0.223. The molecule has 1 aromatic carbocycles. The van der Waals surface area contributed by atoms with Crippen molar-refractivity contribution in [2.24, 2.45) is 11.8 Å². The molecule has 0 aliphatic carbocycles. The van der Waals surface area contributed by atoms with Gasteiger partial charge in [0.25, 0.3) is 5.91 Å². The van der Waals surface area contributed by atoms with Gasteiger partial charge in [-0.05, 0) is 43.7 Å². The molecular formula is C19H30N2O3. The molecule has 0 heterocycles. The first-order valence-electron chi connectivity index (χ1n) is 8.54. The van der Waals surface area contributed by atoms with Gasteiger partial charge in [-0.2, -0.15) is 0 Å². The van der Waals surface area contributed by atoms with Crippen molar-refractivity contribution in [3.05, 3.63) is 35.4 Å². The maximum atomic E-state index is 12.6. The first kappa shape index (κ1) is 20.2. The second-order valence-electron chi connectivity index (χ2n) is 6.93. The minimum Gasteiger partial charge on any atom is -0.396 e. The zero-order valence-electron chi connectivity index (χ0n) is 15.3. The lowest BCUT2D eigenvalue weighted by atomic mass is 10.00. The summed E-state index contributed by atoms with van der Waals surface area (Å²) < 4.78 is 0. The summed E-state index contributed by atoms with van der Waals surface area (Å²) in [5, 5.41) is 15.0. The Hall–Kier alpha value is -1.88. The number of nitrogens with one attached hydrogen (secondary N) is 2. The molecule has 0 bridgehead atoms. The molecule has 0 fully saturated rings. The molecular weight excluding hydrogens is 304 g/mol. The summed E-state index contributed by atoms with van der Waals surface area (Å²) in [5.41, 5.74) is 1.46. The molecule has 0 aromatic heterocycles. The number of hydrogen-bond donors (Lipinski definition) is 3. The Bertz CT molecular complexity index is 557. The maximum Gasteiger partial charge on any atom is 0.252 e. The van der Waals surface area contributed by atoms with Crippen LogP contribution in [0.5, 0.6) is 0 Å². The average Bonchev–Trinajstić information content (AvgIpc) is 2.53. The smallest absolute Gasteiger partial charge is 0.252 e. The van der Waals surface area contributed by atoms with Gasteiger partial charge in [0.1, 0.15) is 6.04 Å². The second-order valence-corrected chi connectivity index (χ2v) is 6.93. The fraction of sp³-hybridized carbons (Fsp3) is 0.579. The molecule has 3 N–H and O–H groups in total. The molecule has 0 spiro atoms. The highest BCUT2D eigenvalue weighted by Crippen LogP contribution is 2.11. The quantitative estimate of drug-likeness (QED) is 0.682. The van der Waals surface area contributed by atoms with Crippen molar-refractivity contribution in [3.63, 3.8) is 0 Å². The summed E-state index contributed by atoms with van der Waals surface area (Å²) >= 11 is 0. The number of carbonyl (C=O) groups is 2. The summed E-state index contributed by atoms with van der Waals surface area (Å²) in [6.07, 6.45) is 0.559. The van der Waals surface area contributed by atoms with E-state index < -0.39 is 6.04 Å². The fourth-order valence-corrected chi connectivity index (χ4v) is 2.39. The Morgan fingerprint density at radius 3 is 2.25 bits per heavy atom. The molecule has 3 unspecified atom stereocenters. The number of carbonyl (C=O) groups excluding carboxylic acids is 2. The van der Waals surface area contributed by atoms with Crippen molar-refractivity contribution in [2.45, 2.75) is 53.1 Å². The monoisotopic (exact) mass is 334 g/mol. The third-order valence-electron chi connectivity index (χ3n) is 4.23. The van der Waals surface area contributed by atoms with Crippen LogP contribution in [0.1, 0.15) is 50.0 Å². The minimum absolute atomic E-state index is 0.00582. The van der Waals surface area contributed by atoms with Gasteiger partial charge in [0.05, 0.1) is 0 Å². The summed E-state index contributed by atoms with van der Waals surface area (Å²) in [6.45, 7) is 9.63. The normalized spacial score (nSPS) is 14.8. The summed E-state index contributed by atoms with van der Waals surface area (Å²) in [4.78, 5) is 25.1. The van der Waals surface area contributed by atoms with Crippen LogP contribution in [0.4, 0.5) is 0 Å². The van der Waals surface area contributed by atoms with E-state index in [2.05, 4.69) is 10.6 Å².